The molecule has 3 aromatic rings. The van der Waals surface area contributed by atoms with Crippen molar-refractivity contribution in [1.82, 2.24) is 0 Å². The first-order valence-corrected chi connectivity index (χ1v) is 8.94. The van der Waals surface area contributed by atoms with Gasteiger partial charge in [0.1, 0.15) is 0 Å². The highest BCUT2D eigenvalue weighted by Gasteiger charge is 2.25. The molecule has 0 aliphatic heterocycles. The number of carbonyl (C=O) groups is 1. The van der Waals surface area contributed by atoms with Gasteiger partial charge in [-0.25, -0.2) is 0 Å². The number of rotatable bonds is 6. The van der Waals surface area contributed by atoms with E-state index in [1.807, 2.05) is 31.2 Å². The number of hydrogen-bond acceptors (Lipinski definition) is 6. The Kier molecular flexibility index (Phi) is 5.73. The van der Waals surface area contributed by atoms with E-state index in [0.29, 0.717) is 11.4 Å². The third-order valence-electron chi connectivity index (χ3n) is 4.52. The molecule has 0 unspecified atom stereocenters. The quantitative estimate of drug-likeness (QED) is 0.432. The zero-order chi connectivity index (χ0) is 21.8. The zero-order valence-electron chi connectivity index (χ0n) is 16.2. The topological polar surface area (TPSA) is 127 Å². The van der Waals surface area contributed by atoms with E-state index < -0.39 is 27.1 Å². The van der Waals surface area contributed by atoms with Crippen LogP contribution in [0.15, 0.2) is 60.7 Å². The molecule has 0 fully saturated rings. The summed E-state index contributed by atoms with van der Waals surface area (Å²) in [6.45, 7) is 3.35. The fraction of sp³-hybridized carbons (Fsp3) is 0.0952. The van der Waals surface area contributed by atoms with E-state index in [4.69, 9.17) is 0 Å². The molecule has 0 spiro atoms. The van der Waals surface area contributed by atoms with Crippen LogP contribution in [-0.2, 0) is 0 Å². The molecule has 0 radical (unpaired) electrons. The standard InChI is InChI=1S/C21H18N4O5/c1-13-7-9-15(10-8-13)22-18-5-3-4-6-19(18)23-21(26)17-11-16(24(27)28)12-20(14(17)2)25(29)30/h3-12,22H,1-2H3,(H,23,26). The number of non-ortho nitro benzene ring substituents is 1. The second-order valence-electron chi connectivity index (χ2n) is 6.64. The minimum Gasteiger partial charge on any atom is -0.354 e. The van der Waals surface area contributed by atoms with E-state index in [0.717, 1.165) is 23.4 Å². The van der Waals surface area contributed by atoms with Crippen LogP contribution >= 0.6 is 0 Å². The van der Waals surface area contributed by atoms with Crippen LogP contribution in [-0.4, -0.2) is 15.8 Å². The molecule has 0 atom stereocenters. The van der Waals surface area contributed by atoms with Gasteiger partial charge in [0, 0.05) is 17.3 Å². The number of nitro groups is 2. The van der Waals surface area contributed by atoms with Crippen molar-refractivity contribution in [3.8, 4) is 0 Å². The molecular formula is C21H18N4O5. The Morgan fingerprint density at radius 2 is 1.50 bits per heavy atom. The highest BCUT2D eigenvalue weighted by molar-refractivity contribution is 6.08. The van der Waals surface area contributed by atoms with Crippen LogP contribution in [0.4, 0.5) is 28.4 Å². The first kappa shape index (κ1) is 20.5. The van der Waals surface area contributed by atoms with Gasteiger partial charge in [0.05, 0.1) is 32.9 Å². The number of aryl methyl sites for hydroxylation is 1. The maximum absolute atomic E-state index is 12.8. The highest BCUT2D eigenvalue weighted by Crippen LogP contribution is 2.30. The van der Waals surface area contributed by atoms with Gasteiger partial charge in [-0.05, 0) is 38.1 Å². The minimum absolute atomic E-state index is 0.0482. The second-order valence-corrected chi connectivity index (χ2v) is 6.64. The number of nitrogens with zero attached hydrogens (tertiary/aromatic N) is 2. The van der Waals surface area contributed by atoms with Crippen LogP contribution in [0.25, 0.3) is 0 Å². The van der Waals surface area contributed by atoms with E-state index in [1.54, 1.807) is 24.3 Å². The summed E-state index contributed by atoms with van der Waals surface area (Å²) in [7, 11) is 0. The number of benzene rings is 3. The van der Waals surface area contributed by atoms with Gasteiger partial charge in [-0.3, -0.25) is 25.0 Å². The molecule has 9 heteroatoms. The smallest absolute Gasteiger partial charge is 0.279 e. The van der Waals surface area contributed by atoms with Crippen molar-refractivity contribution in [3.63, 3.8) is 0 Å². The monoisotopic (exact) mass is 406 g/mol. The van der Waals surface area contributed by atoms with E-state index in [1.165, 1.54) is 6.92 Å². The summed E-state index contributed by atoms with van der Waals surface area (Å²) in [6.07, 6.45) is 0. The van der Waals surface area contributed by atoms with Crippen molar-refractivity contribution >= 4 is 34.3 Å². The van der Waals surface area contributed by atoms with E-state index in [9.17, 15) is 25.0 Å². The molecule has 3 rings (SSSR count). The summed E-state index contributed by atoms with van der Waals surface area (Å²) < 4.78 is 0. The van der Waals surface area contributed by atoms with Gasteiger partial charge in [-0.2, -0.15) is 0 Å². The number of hydrogen-bond donors (Lipinski definition) is 2. The number of amides is 1. The average molecular weight is 406 g/mol. The highest BCUT2D eigenvalue weighted by atomic mass is 16.6. The first-order valence-electron chi connectivity index (χ1n) is 8.94. The molecule has 0 heterocycles. The largest absolute Gasteiger partial charge is 0.354 e. The molecule has 3 aromatic carbocycles. The van der Waals surface area contributed by atoms with Crippen molar-refractivity contribution in [2.24, 2.45) is 0 Å². The minimum atomic E-state index is -0.768. The fourth-order valence-corrected chi connectivity index (χ4v) is 2.90. The Bertz CT molecular complexity index is 1140. The van der Waals surface area contributed by atoms with Gasteiger partial charge in [0.25, 0.3) is 17.3 Å². The van der Waals surface area contributed by atoms with Crippen molar-refractivity contribution in [3.05, 3.63) is 97.6 Å². The number of para-hydroxylation sites is 2. The molecule has 152 valence electrons. The Morgan fingerprint density at radius 1 is 0.867 bits per heavy atom. The summed E-state index contributed by atoms with van der Waals surface area (Å²) in [5.74, 6) is -0.683. The fourth-order valence-electron chi connectivity index (χ4n) is 2.90. The molecule has 0 bridgehead atoms. The van der Waals surface area contributed by atoms with Gasteiger partial charge in [0.2, 0.25) is 0 Å². The lowest BCUT2D eigenvalue weighted by Crippen LogP contribution is -2.15. The molecule has 0 aliphatic rings. The molecule has 0 aromatic heterocycles. The van der Waals surface area contributed by atoms with Crippen molar-refractivity contribution in [1.29, 1.82) is 0 Å². The molecule has 30 heavy (non-hydrogen) atoms. The van der Waals surface area contributed by atoms with Crippen LogP contribution in [0.3, 0.4) is 0 Å². The molecule has 0 saturated heterocycles. The van der Waals surface area contributed by atoms with Crippen LogP contribution in [0.1, 0.15) is 21.5 Å². The molecule has 0 aliphatic carbocycles. The van der Waals surface area contributed by atoms with E-state index in [-0.39, 0.29) is 11.1 Å². The number of nitrogens with one attached hydrogen (secondary N) is 2. The van der Waals surface area contributed by atoms with Gasteiger partial charge >= 0.3 is 0 Å². The number of anilines is 3. The van der Waals surface area contributed by atoms with Gasteiger partial charge in [-0.15, -0.1) is 0 Å². The van der Waals surface area contributed by atoms with Crippen molar-refractivity contribution < 1.29 is 14.6 Å². The van der Waals surface area contributed by atoms with Crippen molar-refractivity contribution in [2.45, 2.75) is 13.8 Å². The van der Waals surface area contributed by atoms with Crippen LogP contribution < -0.4 is 10.6 Å². The predicted molar refractivity (Wildman–Crippen MR) is 113 cm³/mol. The van der Waals surface area contributed by atoms with Gasteiger partial charge in [0.15, 0.2) is 0 Å². The summed E-state index contributed by atoms with van der Waals surface area (Å²) in [6, 6.07) is 16.5. The first-order chi connectivity index (χ1) is 14.3. The normalized spacial score (nSPS) is 10.3. The number of nitro benzene ring substituents is 2. The molecule has 9 nitrogen and oxygen atoms in total. The predicted octanol–water partition coefficient (Wildman–Crippen LogP) is 5.12. The third kappa shape index (κ3) is 4.41. The Morgan fingerprint density at radius 3 is 2.10 bits per heavy atom. The Balaban J connectivity index is 1.94. The average Bonchev–Trinajstić information content (AvgIpc) is 2.70. The van der Waals surface area contributed by atoms with Crippen molar-refractivity contribution in [2.75, 3.05) is 10.6 Å². The lowest BCUT2D eigenvalue weighted by atomic mass is 10.0. The maximum Gasteiger partial charge on any atom is 0.279 e. The third-order valence-corrected chi connectivity index (χ3v) is 4.52. The van der Waals surface area contributed by atoms with E-state index in [2.05, 4.69) is 10.6 Å². The molecule has 1 amide bonds. The Labute approximate surface area is 171 Å². The van der Waals surface area contributed by atoms with Gasteiger partial charge in [-0.1, -0.05) is 29.8 Å². The lowest BCUT2D eigenvalue weighted by molar-refractivity contribution is -0.394. The number of carbonyl (C=O) groups excluding carboxylic acids is 1. The summed E-state index contributed by atoms with van der Waals surface area (Å²) in [5.41, 5.74) is 1.84. The summed E-state index contributed by atoms with van der Waals surface area (Å²) >= 11 is 0. The summed E-state index contributed by atoms with van der Waals surface area (Å²) in [5, 5.41) is 28.3. The SMILES string of the molecule is Cc1ccc(Nc2ccccc2NC(=O)c2cc([N+](=O)[O-])cc([N+](=O)[O-])c2C)cc1. The van der Waals surface area contributed by atoms with Crippen LogP contribution in [0, 0.1) is 34.1 Å². The molecular weight excluding hydrogens is 388 g/mol. The van der Waals surface area contributed by atoms with Crippen LogP contribution in [0.5, 0.6) is 0 Å². The Hall–Kier alpha value is -4.27. The second kappa shape index (κ2) is 8.39. The van der Waals surface area contributed by atoms with Gasteiger partial charge < -0.3 is 10.6 Å². The zero-order valence-corrected chi connectivity index (χ0v) is 16.2. The van der Waals surface area contributed by atoms with Crippen LogP contribution in [0.2, 0.25) is 0 Å². The van der Waals surface area contributed by atoms with E-state index >= 15 is 0 Å². The molecule has 2 N–H and O–H groups in total. The lowest BCUT2D eigenvalue weighted by Gasteiger charge is -2.14. The maximum atomic E-state index is 12.8. The molecule has 0 saturated carbocycles. The summed E-state index contributed by atoms with van der Waals surface area (Å²) in [4.78, 5) is 33.7.